The Morgan fingerprint density at radius 1 is 1.40 bits per heavy atom. The van der Waals surface area contributed by atoms with Gasteiger partial charge in [-0.3, -0.25) is 4.79 Å². The van der Waals surface area contributed by atoms with Crippen molar-refractivity contribution in [3.05, 3.63) is 23.3 Å². The van der Waals surface area contributed by atoms with Crippen molar-refractivity contribution >= 4 is 5.78 Å². The highest BCUT2D eigenvalue weighted by molar-refractivity contribution is 5.98. The van der Waals surface area contributed by atoms with Gasteiger partial charge in [-0.15, -0.1) is 0 Å². The lowest BCUT2D eigenvalue weighted by Gasteiger charge is -2.34. The second kappa shape index (κ2) is 3.96. The SMILES string of the molecule is CCC(=O)C1=C(C)C=CCC12CCCC2. The molecule has 1 fully saturated rings. The van der Waals surface area contributed by atoms with E-state index in [9.17, 15) is 4.79 Å². The Balaban J connectivity index is 2.41. The first kappa shape index (κ1) is 10.7. The maximum absolute atomic E-state index is 12.0. The summed E-state index contributed by atoms with van der Waals surface area (Å²) in [6, 6.07) is 0. The second-order valence-corrected chi connectivity index (χ2v) is 4.93. The van der Waals surface area contributed by atoms with E-state index in [0.29, 0.717) is 12.2 Å². The van der Waals surface area contributed by atoms with Crippen molar-refractivity contribution in [1.82, 2.24) is 0 Å². The molecule has 1 saturated carbocycles. The smallest absolute Gasteiger partial charge is 0.159 e. The summed E-state index contributed by atoms with van der Waals surface area (Å²) >= 11 is 0. The van der Waals surface area contributed by atoms with Gasteiger partial charge in [0, 0.05) is 17.4 Å². The van der Waals surface area contributed by atoms with Crippen LogP contribution in [0.1, 0.15) is 52.4 Å². The first-order valence-electron chi connectivity index (χ1n) is 6.11. The molecule has 2 aliphatic rings. The van der Waals surface area contributed by atoms with Crippen molar-refractivity contribution in [3.63, 3.8) is 0 Å². The number of allylic oxidation sites excluding steroid dienone is 4. The number of Topliss-reactive ketones (excluding diaryl/α,β-unsaturated/α-hetero) is 1. The Morgan fingerprint density at radius 3 is 2.67 bits per heavy atom. The molecule has 0 aliphatic heterocycles. The topological polar surface area (TPSA) is 17.1 Å². The van der Waals surface area contributed by atoms with Crippen LogP contribution in [-0.2, 0) is 4.79 Å². The number of hydrogen-bond acceptors (Lipinski definition) is 1. The van der Waals surface area contributed by atoms with E-state index in [1.165, 1.54) is 31.3 Å². The van der Waals surface area contributed by atoms with Gasteiger partial charge in [0.05, 0.1) is 0 Å². The van der Waals surface area contributed by atoms with Gasteiger partial charge in [-0.2, -0.15) is 0 Å². The lowest BCUT2D eigenvalue weighted by atomic mass is 9.69. The summed E-state index contributed by atoms with van der Waals surface area (Å²) in [7, 11) is 0. The predicted octanol–water partition coefficient (Wildman–Crippen LogP) is 3.80. The van der Waals surface area contributed by atoms with E-state index < -0.39 is 0 Å². The van der Waals surface area contributed by atoms with E-state index in [2.05, 4.69) is 19.1 Å². The maximum atomic E-state index is 12.0. The quantitative estimate of drug-likeness (QED) is 0.668. The summed E-state index contributed by atoms with van der Waals surface area (Å²) in [4.78, 5) is 12.0. The molecule has 0 aromatic rings. The van der Waals surface area contributed by atoms with Crippen LogP contribution in [0.3, 0.4) is 0 Å². The van der Waals surface area contributed by atoms with Gasteiger partial charge in [0.1, 0.15) is 0 Å². The molecule has 2 rings (SSSR count). The summed E-state index contributed by atoms with van der Waals surface area (Å²) in [5.41, 5.74) is 2.60. The summed E-state index contributed by atoms with van der Waals surface area (Å²) in [5.74, 6) is 0.374. The lowest BCUT2D eigenvalue weighted by Crippen LogP contribution is -2.27. The van der Waals surface area contributed by atoms with Gasteiger partial charge in [-0.05, 0) is 31.8 Å². The summed E-state index contributed by atoms with van der Waals surface area (Å²) in [6.45, 7) is 4.07. The zero-order valence-electron chi connectivity index (χ0n) is 9.81. The van der Waals surface area contributed by atoms with Gasteiger partial charge in [0.25, 0.3) is 0 Å². The average Bonchev–Trinajstić information content (AvgIpc) is 2.66. The number of hydrogen-bond donors (Lipinski definition) is 0. The molecule has 1 nitrogen and oxygen atoms in total. The molecule has 0 heterocycles. The molecule has 0 bridgehead atoms. The molecule has 0 amide bonds. The van der Waals surface area contributed by atoms with Crippen LogP contribution in [0.15, 0.2) is 23.3 Å². The molecule has 2 aliphatic carbocycles. The van der Waals surface area contributed by atoms with E-state index in [-0.39, 0.29) is 5.41 Å². The Labute approximate surface area is 92.3 Å². The van der Waals surface area contributed by atoms with Gasteiger partial charge < -0.3 is 0 Å². The van der Waals surface area contributed by atoms with Crippen LogP contribution in [0, 0.1) is 5.41 Å². The zero-order valence-corrected chi connectivity index (χ0v) is 9.81. The molecule has 0 atom stereocenters. The van der Waals surface area contributed by atoms with Crippen molar-refractivity contribution in [3.8, 4) is 0 Å². The third-order valence-electron chi connectivity index (χ3n) is 3.96. The third kappa shape index (κ3) is 1.68. The van der Waals surface area contributed by atoms with Crippen molar-refractivity contribution < 1.29 is 4.79 Å². The number of ketones is 1. The highest BCUT2D eigenvalue weighted by Gasteiger charge is 2.40. The van der Waals surface area contributed by atoms with Crippen LogP contribution < -0.4 is 0 Å². The largest absolute Gasteiger partial charge is 0.295 e. The van der Waals surface area contributed by atoms with E-state index >= 15 is 0 Å². The molecule has 82 valence electrons. The predicted molar refractivity (Wildman–Crippen MR) is 62.7 cm³/mol. The fourth-order valence-electron chi connectivity index (χ4n) is 3.26. The van der Waals surface area contributed by atoms with Gasteiger partial charge >= 0.3 is 0 Å². The minimum absolute atomic E-state index is 0.228. The molecule has 0 saturated heterocycles. The molecular weight excluding hydrogens is 184 g/mol. The maximum Gasteiger partial charge on any atom is 0.159 e. The summed E-state index contributed by atoms with van der Waals surface area (Å²) in [5, 5.41) is 0. The highest BCUT2D eigenvalue weighted by Crippen LogP contribution is 2.50. The summed E-state index contributed by atoms with van der Waals surface area (Å²) < 4.78 is 0. The molecule has 0 aromatic heterocycles. The summed E-state index contributed by atoms with van der Waals surface area (Å²) in [6.07, 6.45) is 11.2. The van der Waals surface area contributed by atoms with E-state index in [4.69, 9.17) is 0 Å². The third-order valence-corrected chi connectivity index (χ3v) is 3.96. The van der Waals surface area contributed by atoms with Crippen molar-refractivity contribution in [2.24, 2.45) is 5.41 Å². The van der Waals surface area contributed by atoms with Crippen LogP contribution in [0.4, 0.5) is 0 Å². The van der Waals surface area contributed by atoms with Crippen molar-refractivity contribution in [1.29, 1.82) is 0 Å². The van der Waals surface area contributed by atoms with Crippen molar-refractivity contribution in [2.75, 3.05) is 0 Å². The Hall–Kier alpha value is -0.850. The van der Waals surface area contributed by atoms with Gasteiger partial charge in [0.15, 0.2) is 5.78 Å². The zero-order chi connectivity index (χ0) is 10.9. The Morgan fingerprint density at radius 2 is 2.07 bits per heavy atom. The van der Waals surface area contributed by atoms with Crippen molar-refractivity contribution in [2.45, 2.75) is 52.4 Å². The van der Waals surface area contributed by atoms with Crippen LogP contribution >= 0.6 is 0 Å². The molecule has 15 heavy (non-hydrogen) atoms. The molecule has 0 unspecified atom stereocenters. The monoisotopic (exact) mass is 204 g/mol. The van der Waals surface area contributed by atoms with Crippen LogP contribution in [0.5, 0.6) is 0 Å². The molecule has 0 radical (unpaired) electrons. The minimum atomic E-state index is 0.228. The normalized spacial score (nSPS) is 23.9. The second-order valence-electron chi connectivity index (χ2n) is 4.93. The average molecular weight is 204 g/mol. The Bertz CT molecular complexity index is 327. The molecule has 0 N–H and O–H groups in total. The van der Waals surface area contributed by atoms with Crippen LogP contribution in [0.2, 0.25) is 0 Å². The standard InChI is InChI=1S/C14H20O/c1-3-12(15)13-11(2)7-6-10-14(13)8-4-5-9-14/h6-7H,3-5,8-10H2,1-2H3. The van der Waals surface area contributed by atoms with E-state index in [1.54, 1.807) is 0 Å². The first-order valence-corrected chi connectivity index (χ1v) is 6.11. The number of rotatable bonds is 2. The molecule has 0 aromatic carbocycles. The number of carbonyl (C=O) groups excluding carboxylic acids is 1. The van der Waals surface area contributed by atoms with Gasteiger partial charge in [-0.25, -0.2) is 0 Å². The fraction of sp³-hybridized carbons (Fsp3) is 0.643. The Kier molecular flexibility index (Phi) is 2.81. The van der Waals surface area contributed by atoms with Crippen LogP contribution in [-0.4, -0.2) is 5.78 Å². The molecular formula is C14H20O. The first-order chi connectivity index (χ1) is 7.19. The van der Waals surface area contributed by atoms with E-state index in [1.807, 2.05) is 6.92 Å². The van der Waals surface area contributed by atoms with Crippen LogP contribution in [0.25, 0.3) is 0 Å². The minimum Gasteiger partial charge on any atom is -0.295 e. The van der Waals surface area contributed by atoms with Gasteiger partial charge in [0.2, 0.25) is 0 Å². The van der Waals surface area contributed by atoms with Gasteiger partial charge in [-0.1, -0.05) is 31.9 Å². The molecule has 1 heteroatoms. The number of carbonyl (C=O) groups is 1. The fourth-order valence-corrected chi connectivity index (χ4v) is 3.26. The highest BCUT2D eigenvalue weighted by atomic mass is 16.1. The van der Waals surface area contributed by atoms with E-state index in [0.717, 1.165) is 12.0 Å². The lowest BCUT2D eigenvalue weighted by molar-refractivity contribution is -0.116. The molecule has 1 spiro atoms.